The highest BCUT2D eigenvalue weighted by atomic mass is 32.2. The average Bonchev–Trinajstić information content (AvgIpc) is 3.06. The number of urea groups is 1. The van der Waals surface area contributed by atoms with Crippen LogP contribution in [0.5, 0.6) is 0 Å². The van der Waals surface area contributed by atoms with Gasteiger partial charge in [-0.2, -0.15) is 5.10 Å². The van der Waals surface area contributed by atoms with E-state index in [-0.39, 0.29) is 10.9 Å². The number of aromatic nitrogens is 2. The molecule has 0 fully saturated rings. The van der Waals surface area contributed by atoms with Gasteiger partial charge in [0.05, 0.1) is 11.4 Å². The molecule has 0 aliphatic carbocycles. The quantitative estimate of drug-likeness (QED) is 0.878. The number of nitrogens with zero attached hydrogens (tertiary/aromatic N) is 3. The molecular formula is C14H17N5O3S. The molecular weight excluding hydrogens is 318 g/mol. The second-order valence-electron chi connectivity index (χ2n) is 5.23. The third-order valence-electron chi connectivity index (χ3n) is 3.62. The van der Waals surface area contributed by atoms with Crippen LogP contribution in [0.1, 0.15) is 0 Å². The Bertz CT molecular complexity index is 842. The summed E-state index contributed by atoms with van der Waals surface area (Å²) >= 11 is 0. The molecule has 0 atom stereocenters. The number of carbonyl (C=O) groups excluding carboxylic acids is 1. The van der Waals surface area contributed by atoms with E-state index in [1.807, 2.05) is 4.90 Å². The molecule has 0 unspecified atom stereocenters. The van der Waals surface area contributed by atoms with Gasteiger partial charge in [0, 0.05) is 31.6 Å². The molecule has 2 aromatic rings. The molecule has 1 aromatic carbocycles. The van der Waals surface area contributed by atoms with Gasteiger partial charge < -0.3 is 10.2 Å². The monoisotopic (exact) mass is 335 g/mol. The summed E-state index contributed by atoms with van der Waals surface area (Å²) in [6.45, 7) is 1.43. The molecule has 122 valence electrons. The lowest BCUT2D eigenvalue weighted by atomic mass is 10.3. The minimum absolute atomic E-state index is 0.288. The van der Waals surface area contributed by atoms with Crippen molar-refractivity contribution < 1.29 is 13.2 Å². The smallest absolute Gasteiger partial charge is 0.320 e. The van der Waals surface area contributed by atoms with Crippen LogP contribution in [0.3, 0.4) is 0 Å². The number of anilines is 3. The van der Waals surface area contributed by atoms with Gasteiger partial charge in [0.2, 0.25) is 0 Å². The maximum Gasteiger partial charge on any atom is 0.320 e. The summed E-state index contributed by atoms with van der Waals surface area (Å²) in [6, 6.07) is 8.18. The number of nitrogens with one attached hydrogen (secondary N) is 2. The van der Waals surface area contributed by atoms with Crippen molar-refractivity contribution in [1.29, 1.82) is 0 Å². The van der Waals surface area contributed by atoms with Crippen LogP contribution in [0.15, 0.2) is 35.2 Å². The Morgan fingerprint density at radius 3 is 2.52 bits per heavy atom. The summed E-state index contributed by atoms with van der Waals surface area (Å²) in [5.74, 6) is 1.32. The van der Waals surface area contributed by atoms with Crippen LogP contribution < -0.4 is 15.5 Å². The third kappa shape index (κ3) is 3.00. The van der Waals surface area contributed by atoms with Crippen LogP contribution in [0.4, 0.5) is 22.1 Å². The van der Waals surface area contributed by atoms with Gasteiger partial charge in [-0.1, -0.05) is 0 Å². The first-order valence-electron chi connectivity index (χ1n) is 7.03. The van der Waals surface area contributed by atoms with Gasteiger partial charge in [-0.3, -0.25) is 5.32 Å². The average molecular weight is 335 g/mol. The highest BCUT2D eigenvalue weighted by Crippen LogP contribution is 2.32. The molecule has 1 aliphatic rings. The predicted octanol–water partition coefficient (Wildman–Crippen LogP) is 1.19. The summed E-state index contributed by atoms with van der Waals surface area (Å²) < 4.78 is 24.9. The Morgan fingerprint density at radius 1 is 1.22 bits per heavy atom. The van der Waals surface area contributed by atoms with Crippen LogP contribution in [-0.4, -0.2) is 44.1 Å². The van der Waals surface area contributed by atoms with Crippen LogP contribution in [0, 0.1) is 0 Å². The molecule has 8 nitrogen and oxygen atoms in total. The molecule has 0 saturated heterocycles. The van der Waals surface area contributed by atoms with Crippen molar-refractivity contribution in [2.24, 2.45) is 0 Å². The fourth-order valence-corrected chi connectivity index (χ4v) is 3.10. The van der Waals surface area contributed by atoms with E-state index in [1.54, 1.807) is 35.0 Å². The molecule has 2 N–H and O–H groups in total. The fraction of sp³-hybridized carbons (Fsp3) is 0.286. The molecule has 2 heterocycles. The van der Waals surface area contributed by atoms with E-state index >= 15 is 0 Å². The summed E-state index contributed by atoms with van der Waals surface area (Å²) in [6.07, 6.45) is 1.18. The Balaban J connectivity index is 1.86. The first-order chi connectivity index (χ1) is 10.9. The number of hydrogen-bond donors (Lipinski definition) is 2. The van der Waals surface area contributed by atoms with Gasteiger partial charge in [-0.25, -0.2) is 17.9 Å². The highest BCUT2D eigenvalue weighted by Gasteiger charge is 2.23. The Labute approximate surface area is 134 Å². The molecule has 9 heteroatoms. The number of benzene rings is 1. The molecule has 0 bridgehead atoms. The molecule has 2 amide bonds. The number of hydrogen-bond acceptors (Lipinski definition) is 5. The van der Waals surface area contributed by atoms with Crippen LogP contribution >= 0.6 is 0 Å². The van der Waals surface area contributed by atoms with E-state index in [4.69, 9.17) is 0 Å². The second kappa shape index (κ2) is 5.58. The number of fused-ring (bicyclic) bond motifs is 1. The van der Waals surface area contributed by atoms with Gasteiger partial charge in [0.1, 0.15) is 5.82 Å². The van der Waals surface area contributed by atoms with Crippen molar-refractivity contribution in [3.05, 3.63) is 30.3 Å². The molecule has 0 saturated carbocycles. The van der Waals surface area contributed by atoms with Gasteiger partial charge in [0.15, 0.2) is 15.7 Å². The topological polar surface area (TPSA) is 96.3 Å². The van der Waals surface area contributed by atoms with Crippen molar-refractivity contribution in [2.75, 3.05) is 30.1 Å². The molecule has 1 aromatic heterocycles. The lowest BCUT2D eigenvalue weighted by molar-refractivity contribution is 0.254. The fourth-order valence-electron chi connectivity index (χ4n) is 2.47. The Kier molecular flexibility index (Phi) is 3.72. The second-order valence-corrected chi connectivity index (χ2v) is 7.25. The van der Waals surface area contributed by atoms with Crippen molar-refractivity contribution in [3.63, 3.8) is 0 Å². The summed E-state index contributed by atoms with van der Waals surface area (Å²) in [5.41, 5.74) is 0.877. The van der Waals surface area contributed by atoms with Gasteiger partial charge in [-0.15, -0.1) is 0 Å². The highest BCUT2D eigenvalue weighted by molar-refractivity contribution is 7.90. The molecule has 0 radical (unpaired) electrons. The number of sulfone groups is 1. The van der Waals surface area contributed by atoms with Gasteiger partial charge in [-0.05, 0) is 24.3 Å². The molecule has 0 spiro atoms. The van der Waals surface area contributed by atoms with Crippen molar-refractivity contribution in [3.8, 4) is 0 Å². The standard InChI is InChI=1S/C14H17N5O3S/c1-15-14(20)16-12-9-13-18(7-8-19(13)17-12)10-3-5-11(6-4-10)23(2,21)22/h3-6,9H,7-8H2,1-2H3,(H2,15,16,17,20). The van der Waals surface area contributed by atoms with E-state index < -0.39 is 9.84 Å². The minimum Gasteiger partial charge on any atom is -0.341 e. The van der Waals surface area contributed by atoms with Gasteiger partial charge >= 0.3 is 6.03 Å². The first kappa shape index (κ1) is 15.3. The predicted molar refractivity (Wildman–Crippen MR) is 86.9 cm³/mol. The Hall–Kier alpha value is -2.55. The van der Waals surface area contributed by atoms with E-state index in [0.29, 0.717) is 12.4 Å². The maximum atomic E-state index is 11.5. The zero-order chi connectivity index (χ0) is 16.6. The third-order valence-corrected chi connectivity index (χ3v) is 4.74. The van der Waals surface area contributed by atoms with E-state index in [9.17, 15) is 13.2 Å². The SMILES string of the molecule is CNC(=O)Nc1cc2n(n1)CCN2c1ccc(S(C)(=O)=O)cc1. The van der Waals surface area contributed by atoms with Gasteiger partial charge in [0.25, 0.3) is 0 Å². The van der Waals surface area contributed by atoms with Crippen LogP contribution in [-0.2, 0) is 16.4 Å². The van der Waals surface area contributed by atoms with E-state index in [0.717, 1.165) is 18.1 Å². The minimum atomic E-state index is -3.21. The molecule has 1 aliphatic heterocycles. The summed E-state index contributed by atoms with van der Waals surface area (Å²) in [7, 11) is -1.67. The largest absolute Gasteiger partial charge is 0.341 e. The lowest BCUT2D eigenvalue weighted by Crippen LogP contribution is -2.24. The molecule has 3 rings (SSSR count). The zero-order valence-electron chi connectivity index (χ0n) is 12.8. The normalized spacial score (nSPS) is 13.7. The van der Waals surface area contributed by atoms with Crippen molar-refractivity contribution in [1.82, 2.24) is 15.1 Å². The van der Waals surface area contributed by atoms with Crippen molar-refractivity contribution in [2.45, 2.75) is 11.4 Å². The maximum absolute atomic E-state index is 11.5. The number of rotatable bonds is 3. The van der Waals surface area contributed by atoms with Crippen LogP contribution in [0.2, 0.25) is 0 Å². The zero-order valence-corrected chi connectivity index (χ0v) is 13.6. The van der Waals surface area contributed by atoms with Crippen LogP contribution in [0.25, 0.3) is 0 Å². The summed E-state index contributed by atoms with van der Waals surface area (Å²) in [4.78, 5) is 13.7. The van der Waals surface area contributed by atoms with Crippen molar-refractivity contribution >= 4 is 33.2 Å². The van der Waals surface area contributed by atoms with E-state index in [1.165, 1.54) is 13.3 Å². The first-order valence-corrected chi connectivity index (χ1v) is 8.92. The Morgan fingerprint density at radius 2 is 1.91 bits per heavy atom. The van der Waals surface area contributed by atoms with E-state index in [2.05, 4.69) is 15.7 Å². The lowest BCUT2D eigenvalue weighted by Gasteiger charge is -2.17. The number of amides is 2. The summed E-state index contributed by atoms with van der Waals surface area (Å²) in [5, 5.41) is 9.42. The molecule has 23 heavy (non-hydrogen) atoms. The number of carbonyl (C=O) groups is 1.